The molecule has 1 aromatic heterocycles. The summed E-state index contributed by atoms with van der Waals surface area (Å²) in [6.45, 7) is 3.39. The first-order valence-corrected chi connectivity index (χ1v) is 8.90. The SMILES string of the molecule is CCCC(=O)N(CC1CCCO1)c1nc2c(OC)cccc2s1. The third-order valence-electron chi connectivity index (χ3n) is 4.00. The van der Waals surface area contributed by atoms with E-state index < -0.39 is 0 Å². The molecule has 0 aliphatic carbocycles. The summed E-state index contributed by atoms with van der Waals surface area (Å²) in [5.41, 5.74) is 0.816. The van der Waals surface area contributed by atoms with Crippen LogP contribution in [0.5, 0.6) is 5.75 Å². The minimum atomic E-state index is 0.112. The van der Waals surface area contributed by atoms with Crippen molar-refractivity contribution >= 4 is 32.6 Å². The van der Waals surface area contributed by atoms with Crippen molar-refractivity contribution < 1.29 is 14.3 Å². The molecule has 0 bridgehead atoms. The van der Waals surface area contributed by atoms with Gasteiger partial charge in [0.25, 0.3) is 0 Å². The van der Waals surface area contributed by atoms with Crippen LogP contribution < -0.4 is 9.64 Å². The van der Waals surface area contributed by atoms with Gasteiger partial charge in [-0.25, -0.2) is 4.98 Å². The molecule has 1 aliphatic heterocycles. The van der Waals surface area contributed by atoms with Crippen LogP contribution in [-0.4, -0.2) is 37.3 Å². The average molecular weight is 334 g/mol. The van der Waals surface area contributed by atoms with Gasteiger partial charge in [0, 0.05) is 13.0 Å². The summed E-state index contributed by atoms with van der Waals surface area (Å²) < 4.78 is 12.1. The summed E-state index contributed by atoms with van der Waals surface area (Å²) in [6.07, 6.45) is 3.54. The summed E-state index contributed by atoms with van der Waals surface area (Å²) >= 11 is 1.53. The number of benzene rings is 1. The molecular weight excluding hydrogens is 312 g/mol. The van der Waals surface area contributed by atoms with Crippen molar-refractivity contribution in [2.75, 3.05) is 25.2 Å². The topological polar surface area (TPSA) is 51.7 Å². The van der Waals surface area contributed by atoms with Gasteiger partial charge >= 0.3 is 0 Å². The summed E-state index contributed by atoms with van der Waals surface area (Å²) in [4.78, 5) is 19.0. The maximum atomic E-state index is 12.6. The van der Waals surface area contributed by atoms with Gasteiger partial charge in [-0.2, -0.15) is 0 Å². The Hall–Kier alpha value is -1.66. The number of anilines is 1. The highest BCUT2D eigenvalue weighted by atomic mass is 32.1. The van der Waals surface area contributed by atoms with Crippen LogP contribution >= 0.6 is 11.3 Å². The van der Waals surface area contributed by atoms with Crippen LogP contribution in [0.25, 0.3) is 10.2 Å². The van der Waals surface area contributed by atoms with E-state index in [1.54, 1.807) is 12.0 Å². The minimum Gasteiger partial charge on any atom is -0.494 e. The Morgan fingerprint density at radius 2 is 2.39 bits per heavy atom. The third-order valence-corrected chi connectivity index (χ3v) is 5.04. The lowest BCUT2D eigenvalue weighted by atomic mass is 10.2. The first-order chi connectivity index (χ1) is 11.2. The largest absolute Gasteiger partial charge is 0.494 e. The summed E-state index contributed by atoms with van der Waals surface area (Å²) in [5.74, 6) is 0.853. The molecular formula is C17H22N2O3S. The monoisotopic (exact) mass is 334 g/mol. The normalized spacial score (nSPS) is 17.6. The molecule has 1 fully saturated rings. The maximum Gasteiger partial charge on any atom is 0.228 e. The van der Waals surface area contributed by atoms with Crippen molar-refractivity contribution in [2.45, 2.75) is 38.7 Å². The number of amides is 1. The predicted molar refractivity (Wildman–Crippen MR) is 92.4 cm³/mol. The van der Waals surface area contributed by atoms with E-state index >= 15 is 0 Å². The van der Waals surface area contributed by atoms with E-state index in [1.165, 1.54) is 11.3 Å². The second kappa shape index (κ2) is 7.27. The molecule has 1 saturated heterocycles. The van der Waals surface area contributed by atoms with E-state index in [1.807, 2.05) is 25.1 Å². The van der Waals surface area contributed by atoms with Gasteiger partial charge in [0.2, 0.25) is 5.91 Å². The number of thiazole rings is 1. The van der Waals surface area contributed by atoms with E-state index in [0.717, 1.165) is 47.0 Å². The van der Waals surface area contributed by atoms with Crippen LogP contribution in [0.4, 0.5) is 5.13 Å². The number of fused-ring (bicyclic) bond motifs is 1. The van der Waals surface area contributed by atoms with Gasteiger partial charge < -0.3 is 9.47 Å². The number of nitrogens with zero attached hydrogens (tertiary/aromatic N) is 2. The number of methoxy groups -OCH3 is 1. The first kappa shape index (κ1) is 16.2. The fraction of sp³-hybridized carbons (Fsp3) is 0.529. The summed E-state index contributed by atoms with van der Waals surface area (Å²) in [5, 5.41) is 0.735. The van der Waals surface area contributed by atoms with E-state index in [-0.39, 0.29) is 12.0 Å². The minimum absolute atomic E-state index is 0.112. The molecule has 1 atom stereocenters. The van der Waals surface area contributed by atoms with E-state index in [0.29, 0.717) is 13.0 Å². The molecule has 2 aromatic rings. The fourth-order valence-electron chi connectivity index (χ4n) is 2.82. The van der Waals surface area contributed by atoms with Crippen LogP contribution in [0.3, 0.4) is 0 Å². The lowest BCUT2D eigenvalue weighted by Crippen LogP contribution is -2.37. The van der Waals surface area contributed by atoms with Crippen molar-refractivity contribution in [3.63, 3.8) is 0 Å². The zero-order chi connectivity index (χ0) is 16.2. The second-order valence-electron chi connectivity index (χ2n) is 5.69. The zero-order valence-electron chi connectivity index (χ0n) is 13.6. The Bertz CT molecular complexity index is 680. The van der Waals surface area contributed by atoms with Crippen LogP contribution in [0.1, 0.15) is 32.6 Å². The summed E-state index contributed by atoms with van der Waals surface area (Å²) in [6, 6.07) is 5.85. The van der Waals surface area contributed by atoms with Crippen molar-refractivity contribution in [1.29, 1.82) is 0 Å². The van der Waals surface area contributed by atoms with E-state index in [9.17, 15) is 4.79 Å². The number of hydrogen-bond donors (Lipinski definition) is 0. The number of para-hydroxylation sites is 1. The molecule has 1 unspecified atom stereocenters. The first-order valence-electron chi connectivity index (χ1n) is 8.08. The highest BCUT2D eigenvalue weighted by Crippen LogP contribution is 2.34. The van der Waals surface area contributed by atoms with Gasteiger partial charge in [-0.05, 0) is 31.4 Å². The molecule has 5 nitrogen and oxygen atoms in total. The van der Waals surface area contributed by atoms with Crippen LogP contribution in [0.2, 0.25) is 0 Å². The molecule has 1 amide bonds. The molecule has 2 heterocycles. The number of carbonyl (C=O) groups excluding carboxylic acids is 1. The van der Waals surface area contributed by atoms with Crippen LogP contribution in [0.15, 0.2) is 18.2 Å². The summed E-state index contributed by atoms with van der Waals surface area (Å²) in [7, 11) is 1.64. The molecule has 23 heavy (non-hydrogen) atoms. The maximum absolute atomic E-state index is 12.6. The van der Waals surface area contributed by atoms with Crippen LogP contribution in [0, 0.1) is 0 Å². The average Bonchev–Trinajstić information content (AvgIpc) is 3.21. The molecule has 1 aromatic carbocycles. The van der Waals surface area contributed by atoms with Gasteiger partial charge in [-0.1, -0.05) is 24.3 Å². The highest BCUT2D eigenvalue weighted by Gasteiger charge is 2.26. The van der Waals surface area contributed by atoms with Gasteiger partial charge in [0.1, 0.15) is 11.3 Å². The molecule has 3 rings (SSSR count). The lowest BCUT2D eigenvalue weighted by molar-refractivity contribution is -0.119. The Balaban J connectivity index is 1.92. The van der Waals surface area contributed by atoms with Crippen molar-refractivity contribution in [3.8, 4) is 5.75 Å². The predicted octanol–water partition coefficient (Wildman–Crippen LogP) is 3.62. The molecule has 0 saturated carbocycles. The Morgan fingerprint density at radius 3 is 3.09 bits per heavy atom. The Morgan fingerprint density at radius 1 is 1.52 bits per heavy atom. The van der Waals surface area contributed by atoms with Gasteiger partial charge in [0.05, 0.1) is 24.5 Å². The molecule has 0 spiro atoms. The quantitative estimate of drug-likeness (QED) is 0.810. The Labute approximate surface area is 140 Å². The zero-order valence-corrected chi connectivity index (χ0v) is 14.4. The van der Waals surface area contributed by atoms with E-state index in [2.05, 4.69) is 4.98 Å². The van der Waals surface area contributed by atoms with Gasteiger partial charge in [0.15, 0.2) is 5.13 Å². The van der Waals surface area contributed by atoms with Crippen molar-refractivity contribution in [2.24, 2.45) is 0 Å². The highest BCUT2D eigenvalue weighted by molar-refractivity contribution is 7.22. The number of rotatable bonds is 6. The number of ether oxygens (including phenoxy) is 2. The molecule has 6 heteroatoms. The van der Waals surface area contributed by atoms with Gasteiger partial charge in [-0.15, -0.1) is 0 Å². The Kier molecular flexibility index (Phi) is 5.13. The number of carbonyl (C=O) groups is 1. The lowest BCUT2D eigenvalue weighted by Gasteiger charge is -2.22. The smallest absolute Gasteiger partial charge is 0.228 e. The molecule has 0 N–H and O–H groups in total. The van der Waals surface area contributed by atoms with Crippen LogP contribution in [-0.2, 0) is 9.53 Å². The third kappa shape index (κ3) is 3.48. The molecule has 124 valence electrons. The van der Waals surface area contributed by atoms with Crippen molar-refractivity contribution in [1.82, 2.24) is 4.98 Å². The van der Waals surface area contributed by atoms with E-state index in [4.69, 9.17) is 9.47 Å². The standard InChI is InChI=1S/C17H22N2O3S/c1-3-6-15(20)19(11-12-7-5-10-22-12)17-18-16-13(21-2)8-4-9-14(16)23-17/h4,8-9,12H,3,5-7,10-11H2,1-2H3. The second-order valence-corrected chi connectivity index (χ2v) is 6.70. The molecule has 1 aliphatic rings. The number of hydrogen-bond acceptors (Lipinski definition) is 5. The fourth-order valence-corrected chi connectivity index (χ4v) is 3.83. The number of aromatic nitrogens is 1. The van der Waals surface area contributed by atoms with Crippen molar-refractivity contribution in [3.05, 3.63) is 18.2 Å². The molecule has 0 radical (unpaired) electrons. The van der Waals surface area contributed by atoms with Gasteiger partial charge in [-0.3, -0.25) is 9.69 Å².